The summed E-state index contributed by atoms with van der Waals surface area (Å²) in [6.45, 7) is -0.411. The lowest BCUT2D eigenvalue weighted by molar-refractivity contribution is -0.119. The van der Waals surface area contributed by atoms with Crippen LogP contribution in [0.25, 0.3) is 33.5 Å². The Kier molecular flexibility index (Phi) is 6.82. The van der Waals surface area contributed by atoms with E-state index >= 15 is 0 Å². The number of nitrogens with one attached hydrogen (secondary N) is 1. The average Bonchev–Trinajstić information content (AvgIpc) is 2.93. The van der Waals surface area contributed by atoms with E-state index in [0.717, 1.165) is 21.3 Å². The van der Waals surface area contributed by atoms with Crippen LogP contribution in [0.4, 0.5) is 5.69 Å². The van der Waals surface area contributed by atoms with Crippen molar-refractivity contribution in [2.24, 2.45) is 0 Å². The van der Waals surface area contributed by atoms with E-state index in [1.54, 1.807) is 30.3 Å². The first-order valence-corrected chi connectivity index (χ1v) is 12.0. The fourth-order valence-corrected chi connectivity index (χ4v) is 4.12. The number of fused-ring (bicyclic) bond motifs is 1. The summed E-state index contributed by atoms with van der Waals surface area (Å²) in [5, 5.41) is 2.71. The van der Waals surface area contributed by atoms with Crippen molar-refractivity contribution in [1.29, 1.82) is 0 Å². The van der Waals surface area contributed by atoms with Crippen molar-refractivity contribution >= 4 is 44.5 Å². The number of nitrogens with zero attached hydrogens (tertiary/aromatic N) is 2. The van der Waals surface area contributed by atoms with E-state index in [9.17, 15) is 9.59 Å². The van der Waals surface area contributed by atoms with E-state index in [0.29, 0.717) is 22.4 Å². The summed E-state index contributed by atoms with van der Waals surface area (Å²) < 4.78 is 5.98. The van der Waals surface area contributed by atoms with Gasteiger partial charge in [0.05, 0.1) is 33.7 Å². The zero-order valence-electron chi connectivity index (χ0n) is 19.0. The number of hydrogen-bond acceptors (Lipinski definition) is 5. The second-order valence-corrected chi connectivity index (χ2v) is 8.81. The monoisotopic (exact) mass is 537 g/mol. The third kappa shape index (κ3) is 5.16. The number of carbonyl (C=O) groups excluding carboxylic acids is 2. The lowest BCUT2D eigenvalue weighted by Crippen LogP contribution is -2.21. The van der Waals surface area contributed by atoms with Crippen LogP contribution >= 0.6 is 15.9 Å². The SMILES string of the molecule is O=C(COC(=O)c1ccc2nc(-c3ccccc3)c(-c3ccccc3)nc2c1)Nc1ccccc1Br. The second-order valence-electron chi connectivity index (χ2n) is 7.96. The van der Waals surface area contributed by atoms with Crippen molar-refractivity contribution in [2.45, 2.75) is 0 Å². The average molecular weight is 538 g/mol. The summed E-state index contributed by atoms with van der Waals surface area (Å²) in [5.41, 5.74) is 5.44. The number of para-hydroxylation sites is 1. The maximum absolute atomic E-state index is 12.7. The molecular weight excluding hydrogens is 518 g/mol. The molecule has 0 saturated heterocycles. The molecule has 36 heavy (non-hydrogen) atoms. The van der Waals surface area contributed by atoms with Gasteiger partial charge >= 0.3 is 5.97 Å². The Morgan fingerprint density at radius 2 is 1.31 bits per heavy atom. The van der Waals surface area contributed by atoms with E-state index in [1.165, 1.54) is 0 Å². The van der Waals surface area contributed by atoms with E-state index in [2.05, 4.69) is 21.2 Å². The van der Waals surface area contributed by atoms with Crippen molar-refractivity contribution in [3.8, 4) is 22.5 Å². The predicted octanol–water partition coefficient (Wildman–Crippen LogP) is 6.52. The molecule has 0 aliphatic rings. The summed E-state index contributed by atoms with van der Waals surface area (Å²) in [5.74, 6) is -1.05. The summed E-state index contributed by atoms with van der Waals surface area (Å²) in [4.78, 5) is 34.7. The van der Waals surface area contributed by atoms with Crippen molar-refractivity contribution < 1.29 is 14.3 Å². The molecule has 5 rings (SSSR count). The molecule has 1 N–H and O–H groups in total. The zero-order valence-corrected chi connectivity index (χ0v) is 20.6. The number of anilines is 1. The van der Waals surface area contributed by atoms with Gasteiger partial charge < -0.3 is 10.1 Å². The molecule has 0 unspecified atom stereocenters. The van der Waals surface area contributed by atoms with Crippen LogP contribution in [0.3, 0.4) is 0 Å². The minimum absolute atomic E-state index is 0.289. The van der Waals surface area contributed by atoms with Crippen LogP contribution in [0.15, 0.2) is 108 Å². The van der Waals surface area contributed by atoms with Crippen LogP contribution in [-0.2, 0) is 9.53 Å². The Morgan fingerprint density at radius 1 is 0.722 bits per heavy atom. The van der Waals surface area contributed by atoms with Crippen LogP contribution in [0.2, 0.25) is 0 Å². The highest BCUT2D eigenvalue weighted by Crippen LogP contribution is 2.31. The van der Waals surface area contributed by atoms with Crippen molar-refractivity contribution in [3.63, 3.8) is 0 Å². The van der Waals surface area contributed by atoms with Gasteiger partial charge in [0.15, 0.2) is 6.61 Å². The first kappa shape index (κ1) is 23.4. The largest absolute Gasteiger partial charge is 0.452 e. The third-order valence-corrected chi connectivity index (χ3v) is 6.17. The van der Waals surface area contributed by atoms with Crippen LogP contribution in [0.5, 0.6) is 0 Å². The molecule has 0 atom stereocenters. The molecule has 0 aliphatic heterocycles. The van der Waals surface area contributed by atoms with Crippen molar-refractivity contribution in [3.05, 3.63) is 113 Å². The highest BCUT2D eigenvalue weighted by molar-refractivity contribution is 9.10. The van der Waals surface area contributed by atoms with E-state index < -0.39 is 18.5 Å². The number of amides is 1. The van der Waals surface area contributed by atoms with E-state index in [1.807, 2.05) is 72.8 Å². The first-order chi connectivity index (χ1) is 17.6. The standard InChI is InChI=1S/C29H20BrN3O3/c30-22-13-7-8-14-23(22)31-26(34)18-36-29(35)21-15-16-24-25(17-21)33-28(20-11-5-2-6-12-20)27(32-24)19-9-3-1-4-10-19/h1-17H,18H2,(H,31,34). The molecule has 0 aliphatic carbocycles. The molecule has 0 saturated carbocycles. The molecular formula is C29H20BrN3O3. The van der Waals surface area contributed by atoms with E-state index in [4.69, 9.17) is 14.7 Å². The van der Waals surface area contributed by atoms with Crippen LogP contribution < -0.4 is 5.32 Å². The van der Waals surface area contributed by atoms with Gasteiger partial charge in [-0.05, 0) is 46.3 Å². The quantitative estimate of drug-likeness (QED) is 0.249. The molecule has 0 bridgehead atoms. The molecule has 176 valence electrons. The first-order valence-electron chi connectivity index (χ1n) is 11.2. The molecule has 1 amide bonds. The number of esters is 1. The molecule has 4 aromatic carbocycles. The molecule has 0 fully saturated rings. The lowest BCUT2D eigenvalue weighted by atomic mass is 10.0. The van der Waals surface area contributed by atoms with Gasteiger partial charge in [0.25, 0.3) is 5.91 Å². The Morgan fingerprint density at radius 3 is 1.94 bits per heavy atom. The Bertz CT molecular complexity index is 1560. The van der Waals surface area contributed by atoms with Gasteiger partial charge in [-0.3, -0.25) is 4.79 Å². The van der Waals surface area contributed by atoms with Crippen molar-refractivity contribution in [2.75, 3.05) is 11.9 Å². The van der Waals surface area contributed by atoms with Gasteiger partial charge in [-0.2, -0.15) is 0 Å². The van der Waals surface area contributed by atoms with E-state index in [-0.39, 0.29) is 5.56 Å². The lowest BCUT2D eigenvalue weighted by Gasteiger charge is -2.11. The highest BCUT2D eigenvalue weighted by Gasteiger charge is 2.16. The maximum Gasteiger partial charge on any atom is 0.338 e. The number of aromatic nitrogens is 2. The van der Waals surface area contributed by atoms with Gasteiger partial charge in [0.1, 0.15) is 0 Å². The second kappa shape index (κ2) is 10.5. The number of carbonyl (C=O) groups is 2. The number of ether oxygens (including phenoxy) is 1. The number of benzene rings is 4. The third-order valence-electron chi connectivity index (χ3n) is 5.48. The summed E-state index contributed by atoms with van der Waals surface area (Å²) in [7, 11) is 0. The minimum atomic E-state index is -0.616. The maximum atomic E-state index is 12.7. The van der Waals surface area contributed by atoms with Gasteiger partial charge in [-0.15, -0.1) is 0 Å². The Labute approximate surface area is 216 Å². The molecule has 5 aromatic rings. The smallest absolute Gasteiger partial charge is 0.338 e. The fourth-order valence-electron chi connectivity index (χ4n) is 3.74. The number of hydrogen-bond donors (Lipinski definition) is 1. The van der Waals surface area contributed by atoms with Crippen LogP contribution in [0.1, 0.15) is 10.4 Å². The molecule has 1 heterocycles. The molecule has 0 spiro atoms. The Balaban J connectivity index is 1.41. The summed E-state index contributed by atoms with van der Waals surface area (Å²) >= 11 is 3.37. The normalized spacial score (nSPS) is 10.7. The molecule has 1 aromatic heterocycles. The molecule has 0 radical (unpaired) electrons. The van der Waals surface area contributed by atoms with Gasteiger partial charge in [0.2, 0.25) is 0 Å². The molecule has 6 nitrogen and oxygen atoms in total. The van der Waals surface area contributed by atoms with Crippen LogP contribution in [0, 0.1) is 0 Å². The van der Waals surface area contributed by atoms with Crippen molar-refractivity contribution in [1.82, 2.24) is 9.97 Å². The topological polar surface area (TPSA) is 81.2 Å². The fraction of sp³-hybridized carbons (Fsp3) is 0.0345. The Hall–Kier alpha value is -4.36. The molecule has 7 heteroatoms. The van der Waals surface area contributed by atoms with Gasteiger partial charge in [-0.1, -0.05) is 72.8 Å². The summed E-state index contributed by atoms with van der Waals surface area (Å²) in [6, 6.07) is 31.9. The number of rotatable bonds is 6. The van der Waals surface area contributed by atoms with Crippen LogP contribution in [-0.4, -0.2) is 28.5 Å². The zero-order chi connectivity index (χ0) is 24.9. The summed E-state index contributed by atoms with van der Waals surface area (Å²) in [6.07, 6.45) is 0. The predicted molar refractivity (Wildman–Crippen MR) is 143 cm³/mol. The number of halogens is 1. The van der Waals surface area contributed by atoms with Gasteiger partial charge in [0, 0.05) is 15.6 Å². The minimum Gasteiger partial charge on any atom is -0.452 e. The van der Waals surface area contributed by atoms with Gasteiger partial charge in [-0.25, -0.2) is 14.8 Å². The highest BCUT2D eigenvalue weighted by atomic mass is 79.9.